The molecular formula is C12H21NO6. The Kier molecular flexibility index (Phi) is 8.52. The Morgan fingerprint density at radius 2 is 1.89 bits per heavy atom. The lowest BCUT2D eigenvalue weighted by Gasteiger charge is -2.15. The molecule has 0 saturated heterocycles. The van der Waals surface area contributed by atoms with Gasteiger partial charge in [-0.25, -0.2) is 4.79 Å². The molecule has 0 aliphatic rings. The summed E-state index contributed by atoms with van der Waals surface area (Å²) in [6.07, 6.45) is 0.129. The van der Waals surface area contributed by atoms with Crippen LogP contribution < -0.4 is 5.32 Å². The number of hydrogen-bond donors (Lipinski definition) is 2. The van der Waals surface area contributed by atoms with Crippen LogP contribution in [0.2, 0.25) is 0 Å². The molecule has 0 fully saturated rings. The lowest BCUT2D eigenvalue weighted by atomic mass is 10.1. The van der Waals surface area contributed by atoms with E-state index in [1.807, 2.05) is 6.92 Å². The van der Waals surface area contributed by atoms with Crippen LogP contribution in [0.3, 0.4) is 0 Å². The van der Waals surface area contributed by atoms with Gasteiger partial charge in [-0.05, 0) is 12.3 Å². The molecule has 0 spiro atoms. The first-order valence-electron chi connectivity index (χ1n) is 5.98. The molecule has 0 aliphatic carbocycles. The number of aliphatic carboxylic acids is 1. The summed E-state index contributed by atoms with van der Waals surface area (Å²) in [6, 6.07) is -1.08. The third kappa shape index (κ3) is 8.15. The maximum atomic E-state index is 11.6. The van der Waals surface area contributed by atoms with Gasteiger partial charge in [0.1, 0.15) is 6.04 Å². The summed E-state index contributed by atoms with van der Waals surface area (Å²) >= 11 is 0. The lowest BCUT2D eigenvalue weighted by Crippen LogP contribution is -2.41. The highest BCUT2D eigenvalue weighted by molar-refractivity contribution is 5.84. The van der Waals surface area contributed by atoms with Crippen molar-refractivity contribution < 1.29 is 29.0 Å². The van der Waals surface area contributed by atoms with Gasteiger partial charge in [-0.3, -0.25) is 9.59 Å². The standard InChI is InChI=1S/C12H21NO6/c1-8(7-18-2)6-10(14)13-9(12(16)17)4-5-11(15)19-3/h8-9H,4-7H2,1-3H3,(H,13,14)(H,16,17)/t8?,9-/m1/s1. The molecule has 0 bridgehead atoms. The fourth-order valence-corrected chi connectivity index (χ4v) is 1.53. The number of carboxylic acid groups (broad SMARTS) is 1. The quantitative estimate of drug-likeness (QED) is 0.582. The monoisotopic (exact) mass is 275 g/mol. The summed E-state index contributed by atoms with van der Waals surface area (Å²) in [6.45, 7) is 2.25. The molecule has 0 aromatic rings. The second kappa shape index (κ2) is 9.32. The van der Waals surface area contributed by atoms with Crippen LogP contribution in [-0.2, 0) is 23.9 Å². The summed E-state index contributed by atoms with van der Waals surface area (Å²) < 4.78 is 9.31. The molecule has 0 aliphatic heterocycles. The third-order valence-electron chi connectivity index (χ3n) is 2.48. The number of carboxylic acids is 1. The van der Waals surface area contributed by atoms with Gasteiger partial charge in [-0.1, -0.05) is 6.92 Å². The molecule has 0 rings (SSSR count). The Morgan fingerprint density at radius 3 is 2.37 bits per heavy atom. The maximum Gasteiger partial charge on any atom is 0.326 e. The van der Waals surface area contributed by atoms with Crippen LogP contribution in [0.5, 0.6) is 0 Å². The highest BCUT2D eigenvalue weighted by atomic mass is 16.5. The molecule has 2 N–H and O–H groups in total. The molecule has 110 valence electrons. The Bertz CT molecular complexity index is 317. The molecule has 0 aromatic heterocycles. The normalized spacial score (nSPS) is 13.4. The first-order valence-corrected chi connectivity index (χ1v) is 5.98. The Labute approximate surface area is 112 Å². The first-order chi connectivity index (χ1) is 8.90. The van der Waals surface area contributed by atoms with Crippen LogP contribution in [0, 0.1) is 5.92 Å². The number of hydrogen-bond acceptors (Lipinski definition) is 5. The van der Waals surface area contributed by atoms with Crippen LogP contribution in [0.1, 0.15) is 26.2 Å². The fraction of sp³-hybridized carbons (Fsp3) is 0.750. The highest BCUT2D eigenvalue weighted by Gasteiger charge is 2.21. The number of carbonyl (C=O) groups excluding carboxylic acids is 2. The number of carbonyl (C=O) groups is 3. The number of methoxy groups -OCH3 is 2. The van der Waals surface area contributed by atoms with Crippen LogP contribution >= 0.6 is 0 Å². The van der Waals surface area contributed by atoms with Crippen molar-refractivity contribution in [3.63, 3.8) is 0 Å². The van der Waals surface area contributed by atoms with Crippen molar-refractivity contribution >= 4 is 17.8 Å². The Hall–Kier alpha value is -1.63. The second-order valence-corrected chi connectivity index (χ2v) is 4.34. The van der Waals surface area contributed by atoms with E-state index in [2.05, 4.69) is 10.1 Å². The van der Waals surface area contributed by atoms with Crippen molar-refractivity contribution in [2.75, 3.05) is 20.8 Å². The van der Waals surface area contributed by atoms with Crippen molar-refractivity contribution in [1.29, 1.82) is 0 Å². The van der Waals surface area contributed by atoms with E-state index in [1.165, 1.54) is 14.2 Å². The zero-order chi connectivity index (χ0) is 14.8. The summed E-state index contributed by atoms with van der Waals surface area (Å²) in [4.78, 5) is 33.5. The van der Waals surface area contributed by atoms with Crippen molar-refractivity contribution in [2.24, 2.45) is 5.92 Å². The second-order valence-electron chi connectivity index (χ2n) is 4.34. The summed E-state index contributed by atoms with van der Waals surface area (Å²) in [5, 5.41) is 11.3. The van der Waals surface area contributed by atoms with Gasteiger partial charge in [-0.2, -0.15) is 0 Å². The van der Waals surface area contributed by atoms with E-state index >= 15 is 0 Å². The molecule has 7 nitrogen and oxygen atoms in total. The van der Waals surface area contributed by atoms with E-state index < -0.39 is 18.0 Å². The van der Waals surface area contributed by atoms with Gasteiger partial charge in [0.2, 0.25) is 5.91 Å². The Balaban J connectivity index is 4.22. The van der Waals surface area contributed by atoms with Gasteiger partial charge in [0.25, 0.3) is 0 Å². The molecule has 2 atom stereocenters. The van der Waals surface area contributed by atoms with E-state index in [-0.39, 0.29) is 31.1 Å². The average Bonchev–Trinajstić information content (AvgIpc) is 2.33. The summed E-state index contributed by atoms with van der Waals surface area (Å²) in [5.74, 6) is -2.05. The van der Waals surface area contributed by atoms with Crippen LogP contribution in [0.25, 0.3) is 0 Å². The zero-order valence-corrected chi connectivity index (χ0v) is 11.5. The number of rotatable bonds is 9. The molecule has 7 heteroatoms. The average molecular weight is 275 g/mol. The first kappa shape index (κ1) is 17.4. The molecule has 0 radical (unpaired) electrons. The van der Waals surface area contributed by atoms with Crippen molar-refractivity contribution in [3.05, 3.63) is 0 Å². The molecule has 0 saturated carbocycles. The van der Waals surface area contributed by atoms with E-state index in [0.717, 1.165) is 0 Å². The van der Waals surface area contributed by atoms with Gasteiger partial charge in [0, 0.05) is 26.6 Å². The topological polar surface area (TPSA) is 102 Å². The summed E-state index contributed by atoms with van der Waals surface area (Å²) in [5.41, 5.74) is 0. The SMILES string of the molecule is COCC(C)CC(=O)N[C@H](CCC(=O)OC)C(=O)O. The third-order valence-corrected chi connectivity index (χ3v) is 2.48. The smallest absolute Gasteiger partial charge is 0.326 e. The highest BCUT2D eigenvalue weighted by Crippen LogP contribution is 2.04. The molecule has 0 aromatic carbocycles. The van der Waals surface area contributed by atoms with Crippen LogP contribution in [0.4, 0.5) is 0 Å². The molecular weight excluding hydrogens is 254 g/mol. The predicted molar refractivity (Wildman–Crippen MR) is 66.5 cm³/mol. The fourth-order valence-electron chi connectivity index (χ4n) is 1.53. The van der Waals surface area contributed by atoms with Gasteiger partial charge < -0.3 is 19.9 Å². The van der Waals surface area contributed by atoms with Crippen LogP contribution in [-0.4, -0.2) is 49.8 Å². The van der Waals surface area contributed by atoms with Gasteiger partial charge in [0.05, 0.1) is 7.11 Å². The summed E-state index contributed by atoms with van der Waals surface area (Å²) in [7, 11) is 2.76. The minimum atomic E-state index is -1.17. The number of nitrogens with one attached hydrogen (secondary N) is 1. The molecule has 19 heavy (non-hydrogen) atoms. The van der Waals surface area contributed by atoms with Gasteiger partial charge in [0.15, 0.2) is 0 Å². The van der Waals surface area contributed by atoms with Crippen molar-refractivity contribution in [1.82, 2.24) is 5.32 Å². The van der Waals surface area contributed by atoms with Crippen molar-refractivity contribution in [3.8, 4) is 0 Å². The zero-order valence-electron chi connectivity index (χ0n) is 11.5. The predicted octanol–water partition coefficient (Wildman–Crippen LogP) is 0.182. The number of amides is 1. The van der Waals surface area contributed by atoms with E-state index in [4.69, 9.17) is 9.84 Å². The van der Waals surface area contributed by atoms with Gasteiger partial charge >= 0.3 is 11.9 Å². The maximum absolute atomic E-state index is 11.6. The number of esters is 1. The lowest BCUT2D eigenvalue weighted by molar-refractivity contribution is -0.144. The van der Waals surface area contributed by atoms with E-state index in [9.17, 15) is 14.4 Å². The van der Waals surface area contributed by atoms with Crippen molar-refractivity contribution in [2.45, 2.75) is 32.2 Å². The van der Waals surface area contributed by atoms with Gasteiger partial charge in [-0.15, -0.1) is 0 Å². The van der Waals surface area contributed by atoms with E-state index in [1.54, 1.807) is 0 Å². The minimum absolute atomic E-state index is 0.0000481. The molecule has 0 heterocycles. The minimum Gasteiger partial charge on any atom is -0.480 e. The largest absolute Gasteiger partial charge is 0.480 e. The Morgan fingerprint density at radius 1 is 1.26 bits per heavy atom. The van der Waals surface area contributed by atoms with Crippen LogP contribution in [0.15, 0.2) is 0 Å². The number of ether oxygens (including phenoxy) is 2. The molecule has 1 unspecified atom stereocenters. The molecule has 1 amide bonds. The van der Waals surface area contributed by atoms with E-state index in [0.29, 0.717) is 6.61 Å².